The largest absolute Gasteiger partial charge is 0.466 e. The predicted molar refractivity (Wildman–Crippen MR) is 72.1 cm³/mol. The molecule has 102 valence electrons. The van der Waals surface area contributed by atoms with E-state index in [-0.39, 0.29) is 5.92 Å². The molecule has 3 rings (SSSR count). The van der Waals surface area contributed by atoms with Crippen molar-refractivity contribution >= 4 is 17.6 Å². The van der Waals surface area contributed by atoms with Crippen molar-refractivity contribution in [2.45, 2.75) is 42.3 Å². The lowest BCUT2D eigenvalue weighted by Gasteiger charge is -2.30. The van der Waals surface area contributed by atoms with Gasteiger partial charge in [0.05, 0.1) is 7.11 Å². The van der Waals surface area contributed by atoms with E-state index in [0.717, 1.165) is 25.7 Å². The maximum atomic E-state index is 11.9. The zero-order chi connectivity index (χ0) is 13.5. The third-order valence-electron chi connectivity index (χ3n) is 4.33. The summed E-state index contributed by atoms with van der Waals surface area (Å²) < 4.78 is 10.5. The Morgan fingerprint density at radius 2 is 2.11 bits per heavy atom. The van der Waals surface area contributed by atoms with Gasteiger partial charge < -0.3 is 9.47 Å². The van der Waals surface area contributed by atoms with Gasteiger partial charge in [0.2, 0.25) is 0 Å². The first-order valence-electron chi connectivity index (χ1n) is 6.66. The van der Waals surface area contributed by atoms with Crippen molar-refractivity contribution in [3.63, 3.8) is 0 Å². The van der Waals surface area contributed by atoms with Crippen LogP contribution in [0.2, 0.25) is 0 Å². The molecule has 0 amide bonds. The van der Waals surface area contributed by atoms with Gasteiger partial charge in [-0.3, -0.25) is 0 Å². The lowest BCUT2D eigenvalue weighted by molar-refractivity contribution is -0.143. The highest BCUT2D eigenvalue weighted by Crippen LogP contribution is 2.64. The van der Waals surface area contributed by atoms with Crippen molar-refractivity contribution < 1.29 is 14.3 Å². The first kappa shape index (κ1) is 12.9. The number of carbonyl (C=O) groups excluding carboxylic acids is 1. The number of esters is 1. The van der Waals surface area contributed by atoms with Crippen LogP contribution >= 0.6 is 11.6 Å². The fourth-order valence-corrected chi connectivity index (χ4v) is 3.78. The number of ether oxygens (including phenoxy) is 2. The van der Waals surface area contributed by atoms with Crippen molar-refractivity contribution in [2.24, 2.45) is 0 Å². The van der Waals surface area contributed by atoms with E-state index in [1.165, 1.54) is 12.7 Å². The van der Waals surface area contributed by atoms with Gasteiger partial charge in [0.15, 0.2) is 0 Å². The van der Waals surface area contributed by atoms with Crippen LogP contribution < -0.4 is 0 Å². The highest BCUT2D eigenvalue weighted by molar-refractivity contribution is 6.36. The molecule has 1 aliphatic carbocycles. The Morgan fingerprint density at radius 1 is 1.37 bits per heavy atom. The second-order valence-corrected chi connectivity index (χ2v) is 5.82. The van der Waals surface area contributed by atoms with Gasteiger partial charge in [-0.25, -0.2) is 4.79 Å². The van der Waals surface area contributed by atoms with Crippen molar-refractivity contribution in [3.05, 3.63) is 35.9 Å². The number of hydrogen-bond donors (Lipinski definition) is 0. The summed E-state index contributed by atoms with van der Waals surface area (Å²) in [5.41, 5.74) is 0.606. The number of rotatable bonds is 2. The van der Waals surface area contributed by atoms with Crippen LogP contribution in [0.3, 0.4) is 0 Å². The fourth-order valence-electron chi connectivity index (χ4n) is 3.34. The summed E-state index contributed by atoms with van der Waals surface area (Å²) in [6.07, 6.45) is 3.98. The maximum absolute atomic E-state index is 11.9. The van der Waals surface area contributed by atoms with Gasteiger partial charge in [-0.2, -0.15) is 0 Å². The van der Waals surface area contributed by atoms with E-state index in [4.69, 9.17) is 21.1 Å². The molecule has 3 nitrogen and oxygen atoms in total. The van der Waals surface area contributed by atoms with E-state index in [1.807, 2.05) is 18.2 Å². The first-order chi connectivity index (χ1) is 9.14. The number of methoxy groups -OCH3 is 1. The molecule has 0 radical (unpaired) electrons. The van der Waals surface area contributed by atoms with Crippen LogP contribution in [-0.2, 0) is 14.3 Å². The number of carbonyl (C=O) groups is 1. The van der Waals surface area contributed by atoms with Crippen molar-refractivity contribution in [1.82, 2.24) is 0 Å². The normalized spacial score (nSPS) is 37.1. The van der Waals surface area contributed by atoms with Crippen LogP contribution in [0.5, 0.6) is 0 Å². The third kappa shape index (κ3) is 1.79. The highest BCUT2D eigenvalue weighted by atomic mass is 35.5. The van der Waals surface area contributed by atoms with Crippen LogP contribution in [0.15, 0.2) is 30.3 Å². The Balaban J connectivity index is 1.94. The Labute approximate surface area is 117 Å². The predicted octanol–water partition coefficient (Wildman–Crippen LogP) is 3.22. The molecule has 3 atom stereocenters. The molecule has 0 N–H and O–H groups in total. The van der Waals surface area contributed by atoms with Crippen LogP contribution in [-0.4, -0.2) is 23.7 Å². The molecular formula is C15H17ClO3. The lowest BCUT2D eigenvalue weighted by atomic mass is 9.73. The summed E-state index contributed by atoms with van der Waals surface area (Å²) in [5, 5.41) is -1.29. The molecule has 1 saturated heterocycles. The molecule has 19 heavy (non-hydrogen) atoms. The standard InChI is InChI=1S/C15H17ClO3/c1-18-13(17)15(16)14(19-15)10-6-5-9-12(14)11-7-3-2-4-8-11/h2-4,7-8,12H,5-6,9-10H2,1H3. The van der Waals surface area contributed by atoms with Crippen LogP contribution in [0.1, 0.15) is 37.2 Å². The quantitative estimate of drug-likeness (QED) is 0.474. The first-order valence-corrected chi connectivity index (χ1v) is 7.04. The number of halogens is 1. The molecule has 1 aliphatic heterocycles. The smallest absolute Gasteiger partial charge is 0.357 e. The Hall–Kier alpha value is -1.06. The van der Waals surface area contributed by atoms with Gasteiger partial charge in [0, 0.05) is 5.92 Å². The molecule has 1 saturated carbocycles. The van der Waals surface area contributed by atoms with Crippen LogP contribution in [0.4, 0.5) is 0 Å². The topological polar surface area (TPSA) is 38.8 Å². The summed E-state index contributed by atoms with van der Waals surface area (Å²) in [5.74, 6) is -0.309. The lowest BCUT2D eigenvalue weighted by Crippen LogP contribution is -2.37. The number of hydrogen-bond acceptors (Lipinski definition) is 3. The monoisotopic (exact) mass is 280 g/mol. The van der Waals surface area contributed by atoms with E-state index in [2.05, 4.69) is 12.1 Å². The van der Waals surface area contributed by atoms with Gasteiger partial charge >= 0.3 is 5.97 Å². The molecule has 0 aromatic heterocycles. The average molecular weight is 281 g/mol. The maximum Gasteiger partial charge on any atom is 0.357 e. The zero-order valence-corrected chi connectivity index (χ0v) is 11.7. The van der Waals surface area contributed by atoms with Gasteiger partial charge in [-0.1, -0.05) is 54.8 Å². The minimum Gasteiger partial charge on any atom is -0.466 e. The van der Waals surface area contributed by atoms with Gasteiger partial charge in [-0.15, -0.1) is 0 Å². The van der Waals surface area contributed by atoms with E-state index >= 15 is 0 Å². The summed E-state index contributed by atoms with van der Waals surface area (Å²) in [7, 11) is 1.35. The molecule has 1 heterocycles. The average Bonchev–Trinajstić information content (AvgIpc) is 3.05. The second-order valence-electron chi connectivity index (χ2n) is 5.29. The van der Waals surface area contributed by atoms with Crippen LogP contribution in [0.25, 0.3) is 0 Å². The summed E-state index contributed by atoms with van der Waals surface area (Å²) in [6, 6.07) is 10.2. The molecule has 2 aliphatic rings. The zero-order valence-electron chi connectivity index (χ0n) is 10.9. The number of benzene rings is 1. The molecular weight excluding hydrogens is 264 g/mol. The summed E-state index contributed by atoms with van der Waals surface area (Å²) >= 11 is 6.38. The molecule has 3 unspecified atom stereocenters. The van der Waals surface area contributed by atoms with Crippen LogP contribution in [0, 0.1) is 0 Å². The fraction of sp³-hybridized carbons (Fsp3) is 0.533. The molecule has 1 spiro atoms. The van der Waals surface area contributed by atoms with Crippen molar-refractivity contribution in [2.75, 3.05) is 7.11 Å². The Bertz CT molecular complexity index is 489. The molecule has 4 heteroatoms. The minimum atomic E-state index is -1.29. The van der Waals surface area contributed by atoms with E-state index < -0.39 is 16.6 Å². The Kier molecular flexibility index (Phi) is 3.06. The summed E-state index contributed by atoms with van der Waals surface area (Å²) in [4.78, 5) is 11.9. The van der Waals surface area contributed by atoms with Gasteiger partial charge in [-0.05, 0) is 18.4 Å². The molecule has 2 fully saturated rings. The van der Waals surface area contributed by atoms with Crippen molar-refractivity contribution in [1.29, 1.82) is 0 Å². The SMILES string of the molecule is COC(=O)C1(Cl)OC12CCCCC2c1ccccc1. The molecule has 1 aromatic rings. The molecule has 1 aromatic carbocycles. The second kappa shape index (κ2) is 4.50. The van der Waals surface area contributed by atoms with Gasteiger partial charge in [0.1, 0.15) is 5.60 Å². The summed E-state index contributed by atoms with van der Waals surface area (Å²) in [6.45, 7) is 0. The number of epoxide rings is 1. The van der Waals surface area contributed by atoms with E-state index in [0.29, 0.717) is 0 Å². The van der Waals surface area contributed by atoms with Gasteiger partial charge in [0.25, 0.3) is 5.06 Å². The Morgan fingerprint density at radius 3 is 2.79 bits per heavy atom. The molecule has 0 bridgehead atoms. The highest BCUT2D eigenvalue weighted by Gasteiger charge is 2.78. The number of alkyl halides is 1. The van der Waals surface area contributed by atoms with Crippen molar-refractivity contribution in [3.8, 4) is 0 Å². The minimum absolute atomic E-state index is 0.166. The van der Waals surface area contributed by atoms with E-state index in [1.54, 1.807) is 0 Å². The van der Waals surface area contributed by atoms with E-state index in [9.17, 15) is 4.79 Å². The third-order valence-corrected chi connectivity index (χ3v) is 4.88.